The second-order valence-electron chi connectivity index (χ2n) is 7.01. The summed E-state index contributed by atoms with van der Waals surface area (Å²) in [6.07, 6.45) is -4.74. The number of nitrogens with zero attached hydrogens (tertiary/aromatic N) is 1. The summed E-state index contributed by atoms with van der Waals surface area (Å²) in [7, 11) is 0. The van der Waals surface area contributed by atoms with Crippen molar-refractivity contribution in [2.24, 2.45) is 0 Å². The number of carbonyl (C=O) groups excluding carboxylic acids is 1. The average Bonchev–Trinajstić information content (AvgIpc) is 2.73. The van der Waals surface area contributed by atoms with Crippen molar-refractivity contribution in [2.75, 3.05) is 6.61 Å². The van der Waals surface area contributed by atoms with E-state index in [4.69, 9.17) is 9.57 Å². The molecule has 0 fully saturated rings. The van der Waals surface area contributed by atoms with Gasteiger partial charge in [0.25, 0.3) is 5.91 Å². The van der Waals surface area contributed by atoms with Crippen molar-refractivity contribution in [3.63, 3.8) is 0 Å². The van der Waals surface area contributed by atoms with Gasteiger partial charge in [0.15, 0.2) is 11.9 Å². The Hall–Kier alpha value is -3.11. The Morgan fingerprint density at radius 2 is 1.87 bits per heavy atom. The highest BCUT2D eigenvalue weighted by Gasteiger charge is 2.31. The third-order valence-electron chi connectivity index (χ3n) is 4.63. The molecule has 1 aliphatic heterocycles. The number of fused-ring (bicyclic) bond motifs is 1. The summed E-state index contributed by atoms with van der Waals surface area (Å²) in [6, 6.07) is 9.17. The first-order valence-corrected chi connectivity index (χ1v) is 9.57. The van der Waals surface area contributed by atoms with E-state index in [-0.39, 0.29) is 24.3 Å². The first-order chi connectivity index (χ1) is 14.7. The van der Waals surface area contributed by atoms with Crippen LogP contribution in [0, 0.1) is 0 Å². The zero-order chi connectivity index (χ0) is 22.6. The maximum Gasteiger partial charge on any atom is 0.416 e. The molecule has 3 rings (SSSR count). The second kappa shape index (κ2) is 9.36. The van der Waals surface area contributed by atoms with Crippen molar-refractivity contribution < 1.29 is 37.4 Å². The van der Waals surface area contributed by atoms with E-state index in [0.717, 1.165) is 17.1 Å². The van der Waals surface area contributed by atoms with E-state index in [2.05, 4.69) is 5.59 Å². The number of carboxylic acid groups (broad SMARTS) is 1. The fraction of sp³-hybridized carbons (Fsp3) is 0.333. The molecule has 0 saturated carbocycles. The first-order valence-electron chi connectivity index (χ1n) is 9.57. The van der Waals surface area contributed by atoms with Crippen molar-refractivity contribution in [2.45, 2.75) is 38.6 Å². The lowest BCUT2D eigenvalue weighted by Crippen LogP contribution is -2.47. The number of hydrazine groups is 1. The largest absolute Gasteiger partial charge is 0.479 e. The lowest BCUT2D eigenvalue weighted by atomic mass is 10.0. The van der Waals surface area contributed by atoms with Crippen LogP contribution in [0.25, 0.3) is 0 Å². The van der Waals surface area contributed by atoms with Crippen molar-refractivity contribution in [1.29, 1.82) is 0 Å². The topological polar surface area (TPSA) is 88.1 Å². The van der Waals surface area contributed by atoms with Gasteiger partial charge in [0, 0.05) is 13.0 Å². The minimum atomic E-state index is -4.44. The van der Waals surface area contributed by atoms with Gasteiger partial charge in [-0.15, -0.1) is 0 Å². The molecule has 2 N–H and O–H groups in total. The van der Waals surface area contributed by atoms with E-state index in [1.807, 2.05) is 6.92 Å². The third-order valence-corrected chi connectivity index (χ3v) is 4.63. The first kappa shape index (κ1) is 22.6. The monoisotopic (exact) mass is 438 g/mol. The molecule has 1 unspecified atom stereocenters. The highest BCUT2D eigenvalue weighted by Crippen LogP contribution is 2.30. The molecule has 0 spiro atoms. The zero-order valence-corrected chi connectivity index (χ0v) is 16.6. The number of rotatable bonds is 8. The molecule has 1 aliphatic rings. The summed E-state index contributed by atoms with van der Waals surface area (Å²) in [5.41, 5.74) is 2.95. The Kier molecular flexibility index (Phi) is 6.81. The van der Waals surface area contributed by atoms with E-state index in [1.54, 1.807) is 12.1 Å². The molecule has 1 atom stereocenters. The van der Waals surface area contributed by atoms with Crippen LogP contribution in [0.15, 0.2) is 42.5 Å². The van der Waals surface area contributed by atoms with Gasteiger partial charge in [-0.3, -0.25) is 4.79 Å². The molecular formula is C21H21F3N2O5. The van der Waals surface area contributed by atoms with Gasteiger partial charge in [-0.05, 0) is 41.8 Å². The smallest absolute Gasteiger partial charge is 0.416 e. The van der Waals surface area contributed by atoms with Crippen LogP contribution in [0.4, 0.5) is 13.2 Å². The van der Waals surface area contributed by atoms with Crippen LogP contribution in [0.5, 0.6) is 5.75 Å². The van der Waals surface area contributed by atoms with Crippen molar-refractivity contribution in [3.8, 4) is 5.75 Å². The molecule has 1 heterocycles. The number of carboxylic acids is 1. The number of nitrogens with one attached hydrogen (secondary N) is 1. The predicted molar refractivity (Wildman–Crippen MR) is 103 cm³/mol. The summed E-state index contributed by atoms with van der Waals surface area (Å²) in [6.45, 7) is 2.14. The van der Waals surface area contributed by atoms with Gasteiger partial charge in [-0.1, -0.05) is 30.7 Å². The lowest BCUT2D eigenvalue weighted by molar-refractivity contribution is -0.150. The number of carbonyl (C=O) groups is 2. The molecule has 0 aromatic heterocycles. The van der Waals surface area contributed by atoms with Crippen molar-refractivity contribution in [3.05, 3.63) is 64.7 Å². The number of aliphatic carboxylic acids is 1. The maximum atomic E-state index is 12.8. The molecule has 0 bridgehead atoms. The number of alkyl halides is 3. The number of hydrogen-bond acceptors (Lipinski definition) is 5. The van der Waals surface area contributed by atoms with Crippen LogP contribution >= 0.6 is 0 Å². The van der Waals surface area contributed by atoms with E-state index in [1.165, 1.54) is 18.2 Å². The molecule has 0 aliphatic carbocycles. The van der Waals surface area contributed by atoms with Gasteiger partial charge < -0.3 is 14.7 Å². The summed E-state index contributed by atoms with van der Waals surface area (Å²) in [4.78, 5) is 29.6. The van der Waals surface area contributed by atoms with E-state index in [0.29, 0.717) is 24.2 Å². The summed E-state index contributed by atoms with van der Waals surface area (Å²) in [5, 5.41) is 10.4. The third kappa shape index (κ3) is 5.53. The molecule has 10 heteroatoms. The summed E-state index contributed by atoms with van der Waals surface area (Å²) < 4.78 is 43.5. The molecule has 1 amide bonds. The summed E-state index contributed by atoms with van der Waals surface area (Å²) in [5.74, 6) is -1.29. The van der Waals surface area contributed by atoms with Gasteiger partial charge in [0.2, 0.25) is 0 Å². The molecular weight excluding hydrogens is 417 g/mol. The highest BCUT2D eigenvalue weighted by atomic mass is 19.4. The fourth-order valence-electron chi connectivity index (χ4n) is 3.03. The predicted octanol–water partition coefficient (Wildman–Crippen LogP) is 3.58. The normalized spacial score (nSPS) is 14.7. The van der Waals surface area contributed by atoms with Crippen LogP contribution in [-0.2, 0) is 28.7 Å². The van der Waals surface area contributed by atoms with Crippen molar-refractivity contribution in [1.82, 2.24) is 10.6 Å². The van der Waals surface area contributed by atoms with Gasteiger partial charge >= 0.3 is 12.1 Å². The van der Waals surface area contributed by atoms with Crippen LogP contribution < -0.4 is 10.4 Å². The van der Waals surface area contributed by atoms with Crippen LogP contribution in [0.1, 0.15) is 40.4 Å². The molecule has 0 radical (unpaired) electrons. The zero-order valence-electron chi connectivity index (χ0n) is 16.6. The molecule has 2 aromatic rings. The second-order valence-corrected chi connectivity index (χ2v) is 7.01. The van der Waals surface area contributed by atoms with Gasteiger partial charge in [0.1, 0.15) is 0 Å². The fourth-order valence-corrected chi connectivity index (χ4v) is 3.03. The SMILES string of the molecule is CCCOC(Cc1ccc2c(c1)C(=O)N(Cc1ccc(C(F)(F)F)cc1)NO2)C(=O)O. The summed E-state index contributed by atoms with van der Waals surface area (Å²) >= 11 is 0. The number of hydrogen-bond donors (Lipinski definition) is 2. The van der Waals surface area contributed by atoms with E-state index in [9.17, 15) is 27.9 Å². The molecule has 7 nitrogen and oxygen atoms in total. The number of ether oxygens (including phenoxy) is 1. The van der Waals surface area contributed by atoms with Crippen LogP contribution in [0.3, 0.4) is 0 Å². The van der Waals surface area contributed by atoms with Gasteiger partial charge in [0.05, 0.1) is 17.7 Å². The minimum Gasteiger partial charge on any atom is -0.479 e. The van der Waals surface area contributed by atoms with E-state index < -0.39 is 29.7 Å². The maximum absolute atomic E-state index is 12.8. The Morgan fingerprint density at radius 3 is 2.48 bits per heavy atom. The van der Waals surface area contributed by atoms with Crippen LogP contribution in [-0.4, -0.2) is 34.7 Å². The standard InChI is InChI=1S/C21H21F3N2O5/c1-2-9-30-18(20(28)29)11-14-5-8-17-16(10-14)19(27)26(25-31-17)12-13-3-6-15(7-4-13)21(22,23)24/h3-8,10,18,25H,2,9,11-12H2,1H3,(H,28,29). The van der Waals surface area contributed by atoms with Gasteiger partial charge in [-0.25, -0.2) is 9.80 Å². The quantitative estimate of drug-likeness (QED) is 0.655. The van der Waals surface area contributed by atoms with Gasteiger partial charge in [-0.2, -0.15) is 13.2 Å². The van der Waals surface area contributed by atoms with Crippen LogP contribution in [0.2, 0.25) is 0 Å². The Bertz CT molecular complexity index is 947. The average molecular weight is 438 g/mol. The minimum absolute atomic E-state index is 0.0298. The number of amides is 1. The molecule has 31 heavy (non-hydrogen) atoms. The lowest BCUT2D eigenvalue weighted by Gasteiger charge is -2.29. The Morgan fingerprint density at radius 1 is 1.19 bits per heavy atom. The highest BCUT2D eigenvalue weighted by molar-refractivity contribution is 5.97. The molecule has 166 valence electrons. The Labute approximate surface area is 176 Å². The molecule has 0 saturated heterocycles. The number of halogens is 3. The van der Waals surface area contributed by atoms with Crippen molar-refractivity contribution >= 4 is 11.9 Å². The molecule has 2 aromatic carbocycles. The van der Waals surface area contributed by atoms with E-state index >= 15 is 0 Å². The number of benzene rings is 2. The Balaban J connectivity index is 1.73.